The number of anilines is 1. The zero-order valence-electron chi connectivity index (χ0n) is 14.0. The van der Waals surface area contributed by atoms with Gasteiger partial charge in [0.1, 0.15) is 16.4 Å². The molecule has 0 spiro atoms. The van der Waals surface area contributed by atoms with Gasteiger partial charge >= 0.3 is 5.97 Å². The van der Waals surface area contributed by atoms with Crippen molar-refractivity contribution in [2.24, 2.45) is 0 Å². The van der Waals surface area contributed by atoms with Gasteiger partial charge in [0.15, 0.2) is 0 Å². The van der Waals surface area contributed by atoms with Crippen LogP contribution in [-0.2, 0) is 6.42 Å². The smallest absolute Gasteiger partial charge is 0.339 e. The molecule has 0 radical (unpaired) electrons. The molecule has 27 heavy (non-hydrogen) atoms. The van der Waals surface area contributed by atoms with Crippen molar-refractivity contribution >= 4 is 51.1 Å². The summed E-state index contributed by atoms with van der Waals surface area (Å²) in [5.41, 5.74) is 2.40. The van der Waals surface area contributed by atoms with Gasteiger partial charge in [-0.3, -0.25) is 0 Å². The molecular weight excluding hydrogens is 405 g/mol. The maximum atomic E-state index is 13.2. The number of thiophene rings is 1. The number of thiocarbonyl (C=S) groups is 1. The van der Waals surface area contributed by atoms with Gasteiger partial charge < -0.3 is 10.4 Å². The number of hydrogen-bond acceptors (Lipinski definition) is 3. The van der Waals surface area contributed by atoms with Crippen molar-refractivity contribution in [2.45, 2.75) is 12.8 Å². The molecule has 1 aromatic heterocycles. The molecule has 2 N–H and O–H groups in total. The number of nitrogens with one attached hydrogen (secondary N) is 1. The zero-order valence-corrected chi connectivity index (χ0v) is 16.4. The molecule has 0 saturated carbocycles. The molecule has 138 valence electrons. The summed E-state index contributed by atoms with van der Waals surface area (Å²) >= 11 is 12.5. The van der Waals surface area contributed by atoms with E-state index in [2.05, 4.69) is 5.32 Å². The Bertz CT molecular complexity index is 986. The highest BCUT2D eigenvalue weighted by atomic mass is 35.5. The summed E-state index contributed by atoms with van der Waals surface area (Å²) in [6.45, 7) is 0. The van der Waals surface area contributed by atoms with Gasteiger partial charge in [0.25, 0.3) is 0 Å². The quantitative estimate of drug-likeness (QED) is 0.462. The molecule has 0 bridgehead atoms. The normalized spacial score (nSPS) is 10.6. The second kappa shape index (κ2) is 8.61. The lowest BCUT2D eigenvalue weighted by Crippen LogP contribution is -2.12. The first-order valence-corrected chi connectivity index (χ1v) is 9.75. The van der Waals surface area contributed by atoms with Crippen LogP contribution in [0.15, 0.2) is 53.9 Å². The third-order valence-corrected chi connectivity index (χ3v) is 5.40. The van der Waals surface area contributed by atoms with Gasteiger partial charge in [-0.15, -0.1) is 11.3 Å². The number of benzene rings is 2. The average Bonchev–Trinajstić information content (AvgIpc) is 3.04. The van der Waals surface area contributed by atoms with E-state index in [4.69, 9.17) is 23.8 Å². The maximum absolute atomic E-state index is 13.2. The Morgan fingerprint density at radius 2 is 1.96 bits per heavy atom. The fourth-order valence-corrected chi connectivity index (χ4v) is 4.03. The third kappa shape index (κ3) is 4.91. The van der Waals surface area contributed by atoms with E-state index >= 15 is 0 Å². The third-order valence-electron chi connectivity index (χ3n) is 3.94. The van der Waals surface area contributed by atoms with E-state index in [9.17, 15) is 14.3 Å². The van der Waals surface area contributed by atoms with Gasteiger partial charge in [0.2, 0.25) is 0 Å². The Morgan fingerprint density at radius 3 is 2.63 bits per heavy atom. The topological polar surface area (TPSA) is 49.3 Å². The van der Waals surface area contributed by atoms with Gasteiger partial charge in [-0.05, 0) is 41.8 Å². The molecule has 0 atom stereocenters. The van der Waals surface area contributed by atoms with Gasteiger partial charge in [0.05, 0.1) is 4.99 Å². The molecule has 0 amide bonds. The number of rotatable bonds is 6. The van der Waals surface area contributed by atoms with Crippen LogP contribution in [0, 0.1) is 5.82 Å². The first kappa shape index (κ1) is 19.5. The molecule has 0 unspecified atom stereocenters. The van der Waals surface area contributed by atoms with E-state index in [1.54, 1.807) is 35.7 Å². The van der Waals surface area contributed by atoms with Crippen LogP contribution in [0.3, 0.4) is 0 Å². The van der Waals surface area contributed by atoms with Crippen LogP contribution in [0.4, 0.5) is 9.39 Å². The van der Waals surface area contributed by atoms with Crippen LogP contribution in [0.25, 0.3) is 11.1 Å². The fraction of sp³-hybridized carbons (Fsp3) is 0.100. The number of aromatic carboxylic acids is 1. The summed E-state index contributed by atoms with van der Waals surface area (Å²) < 4.78 is 13.2. The minimum Gasteiger partial charge on any atom is -0.478 e. The van der Waals surface area contributed by atoms with Crippen molar-refractivity contribution < 1.29 is 14.3 Å². The molecule has 0 fully saturated rings. The first-order valence-electron chi connectivity index (χ1n) is 8.09. The number of carbonyl (C=O) groups is 1. The summed E-state index contributed by atoms with van der Waals surface area (Å²) in [5, 5.41) is 15.5. The summed E-state index contributed by atoms with van der Waals surface area (Å²) in [6, 6.07) is 13.3. The first-order chi connectivity index (χ1) is 12.9. The van der Waals surface area contributed by atoms with E-state index in [1.165, 1.54) is 23.5 Å². The number of carboxylic acids is 1. The minimum absolute atomic E-state index is 0.176. The number of hydrogen-bond donors (Lipinski definition) is 2. The summed E-state index contributed by atoms with van der Waals surface area (Å²) in [5.74, 6) is -1.32. The Kier molecular flexibility index (Phi) is 6.21. The van der Waals surface area contributed by atoms with Crippen LogP contribution < -0.4 is 5.32 Å². The number of aryl methyl sites for hydroxylation is 1. The predicted molar refractivity (Wildman–Crippen MR) is 113 cm³/mol. The van der Waals surface area contributed by atoms with E-state index in [1.807, 2.05) is 6.07 Å². The van der Waals surface area contributed by atoms with Gasteiger partial charge in [-0.1, -0.05) is 48.1 Å². The second-order valence-electron chi connectivity index (χ2n) is 5.84. The summed E-state index contributed by atoms with van der Waals surface area (Å²) in [4.78, 5) is 12.3. The molecule has 2 aromatic carbocycles. The van der Waals surface area contributed by atoms with Crippen molar-refractivity contribution in [2.75, 3.05) is 5.32 Å². The summed E-state index contributed by atoms with van der Waals surface area (Å²) in [7, 11) is 0. The van der Waals surface area contributed by atoms with Crippen molar-refractivity contribution in [3.8, 4) is 11.1 Å². The van der Waals surface area contributed by atoms with Crippen LogP contribution in [0.2, 0.25) is 5.02 Å². The average molecular weight is 420 g/mol. The molecule has 3 rings (SSSR count). The molecule has 1 heterocycles. The Balaban J connectivity index is 1.75. The van der Waals surface area contributed by atoms with Crippen molar-refractivity contribution in [1.82, 2.24) is 0 Å². The molecule has 0 aliphatic carbocycles. The van der Waals surface area contributed by atoms with Crippen molar-refractivity contribution in [3.63, 3.8) is 0 Å². The van der Waals surface area contributed by atoms with Crippen molar-refractivity contribution in [3.05, 3.63) is 75.9 Å². The van der Waals surface area contributed by atoms with Crippen LogP contribution in [0.1, 0.15) is 22.3 Å². The molecular formula is C20H15ClFNO2S2. The highest BCUT2D eigenvalue weighted by molar-refractivity contribution is 7.80. The zero-order chi connectivity index (χ0) is 19.4. The lowest BCUT2D eigenvalue weighted by Gasteiger charge is -2.08. The Hall–Kier alpha value is -2.28. The largest absolute Gasteiger partial charge is 0.478 e. The Labute approximate surface area is 170 Å². The van der Waals surface area contributed by atoms with E-state index in [0.717, 1.165) is 11.1 Å². The predicted octanol–water partition coefficient (Wildman–Crippen LogP) is 6.28. The van der Waals surface area contributed by atoms with Crippen LogP contribution in [0.5, 0.6) is 0 Å². The van der Waals surface area contributed by atoms with E-state index < -0.39 is 5.97 Å². The number of carboxylic acid groups (broad SMARTS) is 1. The van der Waals surface area contributed by atoms with E-state index in [0.29, 0.717) is 33.4 Å². The lowest BCUT2D eigenvalue weighted by molar-refractivity contribution is 0.0699. The summed E-state index contributed by atoms with van der Waals surface area (Å²) in [6.07, 6.45) is 1.06. The molecule has 0 saturated heterocycles. The molecule has 3 aromatic rings. The van der Waals surface area contributed by atoms with Gasteiger partial charge in [-0.25, -0.2) is 9.18 Å². The standard InChI is InChI=1S/C20H15ClFNO2S2/c21-14-7-5-13(6-8-14)16-11-27-19(18(16)20(24)25)23-17(26)9-4-12-2-1-3-15(22)10-12/h1-3,5-8,10-11H,4,9H2,(H,23,26)(H,24,25). The SMILES string of the molecule is O=C(O)c1c(-c2ccc(Cl)cc2)csc1NC(=S)CCc1cccc(F)c1. The highest BCUT2D eigenvalue weighted by Crippen LogP contribution is 2.36. The molecule has 7 heteroatoms. The molecule has 3 nitrogen and oxygen atoms in total. The minimum atomic E-state index is -1.03. The molecule has 0 aliphatic heterocycles. The second-order valence-corrected chi connectivity index (χ2v) is 7.65. The lowest BCUT2D eigenvalue weighted by atomic mass is 10.0. The highest BCUT2D eigenvalue weighted by Gasteiger charge is 2.20. The van der Waals surface area contributed by atoms with Gasteiger partial charge in [-0.2, -0.15) is 0 Å². The Morgan fingerprint density at radius 1 is 1.22 bits per heavy atom. The van der Waals surface area contributed by atoms with Gasteiger partial charge in [0, 0.05) is 22.4 Å². The molecule has 0 aliphatic rings. The fourth-order valence-electron chi connectivity index (χ4n) is 2.64. The monoisotopic (exact) mass is 419 g/mol. The van der Waals surface area contributed by atoms with Crippen molar-refractivity contribution in [1.29, 1.82) is 0 Å². The van der Waals surface area contributed by atoms with E-state index in [-0.39, 0.29) is 11.4 Å². The maximum Gasteiger partial charge on any atom is 0.339 e. The van der Waals surface area contributed by atoms with Crippen LogP contribution in [-0.4, -0.2) is 16.1 Å². The number of halogens is 2. The van der Waals surface area contributed by atoms with Crippen LogP contribution >= 0.6 is 35.2 Å².